The number of hydrogen-bond acceptors (Lipinski definition) is 7. The molecular formula is C22H24F3N3O5. The summed E-state index contributed by atoms with van der Waals surface area (Å²) in [4.78, 5) is 18.0. The number of anilines is 1. The van der Waals surface area contributed by atoms with Crippen LogP contribution in [0.2, 0.25) is 0 Å². The minimum absolute atomic E-state index is 0.0444. The van der Waals surface area contributed by atoms with Gasteiger partial charge in [0.25, 0.3) is 0 Å². The van der Waals surface area contributed by atoms with E-state index in [0.717, 1.165) is 6.07 Å². The molecule has 0 bridgehead atoms. The SMILES string of the molecule is O=C(NCC(O)COc1ccc2c(c1)OCO2)C1CCCN(c2ncccc2C(F)(F)F)C1. The van der Waals surface area contributed by atoms with Gasteiger partial charge in [0.05, 0.1) is 11.5 Å². The average molecular weight is 467 g/mol. The van der Waals surface area contributed by atoms with Crippen molar-refractivity contribution >= 4 is 11.7 Å². The summed E-state index contributed by atoms with van der Waals surface area (Å²) in [6, 6.07) is 7.27. The Hall–Kier alpha value is -3.21. The van der Waals surface area contributed by atoms with Crippen molar-refractivity contribution in [3.05, 3.63) is 42.1 Å². The molecule has 0 aliphatic carbocycles. The third kappa shape index (κ3) is 5.59. The van der Waals surface area contributed by atoms with Crippen molar-refractivity contribution < 1.29 is 37.3 Å². The van der Waals surface area contributed by atoms with Gasteiger partial charge in [-0.1, -0.05) is 0 Å². The molecule has 2 aliphatic heterocycles. The molecule has 0 radical (unpaired) electrons. The fourth-order valence-corrected chi connectivity index (χ4v) is 3.83. The Morgan fingerprint density at radius 3 is 2.94 bits per heavy atom. The average Bonchev–Trinajstić information content (AvgIpc) is 3.28. The van der Waals surface area contributed by atoms with E-state index in [9.17, 15) is 23.1 Å². The maximum Gasteiger partial charge on any atom is 0.419 e. The van der Waals surface area contributed by atoms with E-state index < -0.39 is 23.8 Å². The summed E-state index contributed by atoms with van der Waals surface area (Å²) in [5.74, 6) is 0.654. The minimum atomic E-state index is -4.53. The Morgan fingerprint density at radius 1 is 1.30 bits per heavy atom. The van der Waals surface area contributed by atoms with Gasteiger partial charge in [-0.15, -0.1) is 0 Å². The van der Waals surface area contributed by atoms with Crippen molar-refractivity contribution in [1.82, 2.24) is 10.3 Å². The van der Waals surface area contributed by atoms with Crippen LogP contribution in [0.15, 0.2) is 36.5 Å². The quantitative estimate of drug-likeness (QED) is 0.647. The fraction of sp³-hybridized carbons (Fsp3) is 0.455. The number of carbonyl (C=O) groups excluding carboxylic acids is 1. The predicted molar refractivity (Wildman–Crippen MR) is 111 cm³/mol. The summed E-state index contributed by atoms with van der Waals surface area (Å²) in [6.45, 7) is 0.548. The van der Waals surface area contributed by atoms with Gasteiger partial charge in [0.2, 0.25) is 12.7 Å². The molecule has 2 aromatic rings. The topological polar surface area (TPSA) is 93.2 Å². The van der Waals surface area contributed by atoms with Crippen molar-refractivity contribution in [2.75, 3.05) is 37.9 Å². The highest BCUT2D eigenvalue weighted by atomic mass is 19.4. The molecule has 1 amide bonds. The Balaban J connectivity index is 1.27. The van der Waals surface area contributed by atoms with Crippen LogP contribution in [0.5, 0.6) is 17.2 Å². The number of pyridine rings is 1. The molecule has 1 aromatic carbocycles. The summed E-state index contributed by atoms with van der Waals surface area (Å²) in [7, 11) is 0. The predicted octanol–water partition coefficient (Wildman–Crippen LogP) is 2.60. The number of fused-ring (bicyclic) bond motifs is 1. The molecule has 178 valence electrons. The third-order valence-electron chi connectivity index (χ3n) is 5.48. The van der Waals surface area contributed by atoms with E-state index >= 15 is 0 Å². The highest BCUT2D eigenvalue weighted by Crippen LogP contribution is 2.37. The standard InChI is InChI=1S/C22H24F3N3O5/c23-22(24,25)17-4-1-7-26-20(17)28-8-2-3-14(11-28)21(30)27-10-15(29)12-31-16-5-6-18-19(9-16)33-13-32-18/h1,4-7,9,14-15,29H,2-3,8,10-13H2,(H,27,30). The van der Waals surface area contributed by atoms with Gasteiger partial charge in [0.15, 0.2) is 11.5 Å². The number of carbonyl (C=O) groups is 1. The zero-order valence-corrected chi connectivity index (χ0v) is 17.7. The molecule has 2 aliphatic rings. The van der Waals surface area contributed by atoms with E-state index in [1.54, 1.807) is 18.2 Å². The van der Waals surface area contributed by atoms with Gasteiger partial charge in [-0.2, -0.15) is 13.2 Å². The number of hydrogen-bond donors (Lipinski definition) is 2. The van der Waals surface area contributed by atoms with Crippen molar-refractivity contribution in [3.8, 4) is 17.2 Å². The number of rotatable bonds is 7. The summed E-state index contributed by atoms with van der Waals surface area (Å²) in [5.41, 5.74) is -0.817. The molecular weight excluding hydrogens is 443 g/mol. The summed E-state index contributed by atoms with van der Waals surface area (Å²) in [5, 5.41) is 12.8. The number of piperidine rings is 1. The second-order valence-corrected chi connectivity index (χ2v) is 7.88. The van der Waals surface area contributed by atoms with Crippen LogP contribution in [-0.2, 0) is 11.0 Å². The van der Waals surface area contributed by atoms with Crippen LogP contribution in [-0.4, -0.2) is 55.1 Å². The molecule has 2 unspecified atom stereocenters. The van der Waals surface area contributed by atoms with Crippen LogP contribution in [0.1, 0.15) is 18.4 Å². The number of aromatic nitrogens is 1. The molecule has 4 rings (SSSR count). The number of halogens is 3. The lowest BCUT2D eigenvalue weighted by atomic mass is 9.96. The lowest BCUT2D eigenvalue weighted by molar-refractivity contribution is -0.137. The van der Waals surface area contributed by atoms with Crippen LogP contribution in [0, 0.1) is 5.92 Å². The Kier molecular flexibility index (Phi) is 6.77. The molecule has 8 nitrogen and oxygen atoms in total. The van der Waals surface area contributed by atoms with E-state index in [-0.39, 0.29) is 38.2 Å². The molecule has 11 heteroatoms. The molecule has 1 fully saturated rings. The molecule has 2 atom stereocenters. The second-order valence-electron chi connectivity index (χ2n) is 7.88. The van der Waals surface area contributed by atoms with Crippen LogP contribution in [0.3, 0.4) is 0 Å². The van der Waals surface area contributed by atoms with Gasteiger partial charge >= 0.3 is 6.18 Å². The van der Waals surface area contributed by atoms with Crippen molar-refractivity contribution in [2.24, 2.45) is 5.92 Å². The zero-order valence-electron chi connectivity index (χ0n) is 17.7. The van der Waals surface area contributed by atoms with Gasteiger partial charge in [-0.05, 0) is 37.1 Å². The van der Waals surface area contributed by atoms with E-state index in [2.05, 4.69) is 10.3 Å². The van der Waals surface area contributed by atoms with Crippen LogP contribution < -0.4 is 24.4 Å². The Morgan fingerprint density at radius 2 is 2.12 bits per heavy atom. The highest BCUT2D eigenvalue weighted by Gasteiger charge is 2.37. The number of benzene rings is 1. The van der Waals surface area contributed by atoms with Crippen molar-refractivity contribution in [1.29, 1.82) is 0 Å². The van der Waals surface area contributed by atoms with E-state index in [1.807, 2.05) is 0 Å². The van der Waals surface area contributed by atoms with Crippen LogP contribution in [0.25, 0.3) is 0 Å². The first-order valence-electron chi connectivity index (χ1n) is 10.6. The second kappa shape index (κ2) is 9.74. The Labute approximate surface area is 188 Å². The first-order chi connectivity index (χ1) is 15.8. The molecule has 1 aromatic heterocycles. The summed E-state index contributed by atoms with van der Waals surface area (Å²) >= 11 is 0. The number of alkyl halides is 3. The maximum atomic E-state index is 13.3. The molecule has 3 heterocycles. The van der Waals surface area contributed by atoms with Crippen molar-refractivity contribution in [3.63, 3.8) is 0 Å². The van der Waals surface area contributed by atoms with E-state index in [0.29, 0.717) is 36.6 Å². The maximum absolute atomic E-state index is 13.3. The molecule has 2 N–H and O–H groups in total. The van der Waals surface area contributed by atoms with E-state index in [1.165, 1.54) is 17.2 Å². The number of nitrogens with one attached hydrogen (secondary N) is 1. The molecule has 33 heavy (non-hydrogen) atoms. The lowest BCUT2D eigenvalue weighted by Gasteiger charge is -2.34. The van der Waals surface area contributed by atoms with Gasteiger partial charge in [-0.3, -0.25) is 4.79 Å². The largest absolute Gasteiger partial charge is 0.491 e. The van der Waals surface area contributed by atoms with Crippen LogP contribution >= 0.6 is 0 Å². The zero-order chi connectivity index (χ0) is 23.4. The number of ether oxygens (including phenoxy) is 3. The summed E-state index contributed by atoms with van der Waals surface area (Å²) in [6.07, 6.45) is -3.08. The van der Waals surface area contributed by atoms with Gasteiger partial charge in [-0.25, -0.2) is 4.98 Å². The molecule has 1 saturated heterocycles. The monoisotopic (exact) mass is 467 g/mol. The minimum Gasteiger partial charge on any atom is -0.491 e. The molecule has 0 saturated carbocycles. The van der Waals surface area contributed by atoms with Gasteiger partial charge in [0.1, 0.15) is 24.3 Å². The molecule has 0 spiro atoms. The highest BCUT2D eigenvalue weighted by molar-refractivity contribution is 5.79. The first kappa shape index (κ1) is 23.0. The third-order valence-corrected chi connectivity index (χ3v) is 5.48. The fourth-order valence-electron chi connectivity index (χ4n) is 3.83. The van der Waals surface area contributed by atoms with Gasteiger partial charge < -0.3 is 29.5 Å². The normalized spacial score (nSPS) is 18.7. The lowest BCUT2D eigenvalue weighted by Crippen LogP contribution is -2.46. The smallest absolute Gasteiger partial charge is 0.419 e. The van der Waals surface area contributed by atoms with Gasteiger partial charge in [0, 0.05) is 31.9 Å². The number of aliphatic hydroxyl groups excluding tert-OH is 1. The van der Waals surface area contributed by atoms with E-state index in [4.69, 9.17) is 14.2 Å². The Bertz CT molecular complexity index is 988. The number of nitrogens with zero attached hydrogens (tertiary/aromatic N) is 2. The number of amides is 1. The van der Waals surface area contributed by atoms with Crippen molar-refractivity contribution in [2.45, 2.75) is 25.1 Å². The first-order valence-corrected chi connectivity index (χ1v) is 10.6. The van der Waals surface area contributed by atoms with Crippen LogP contribution in [0.4, 0.5) is 19.0 Å². The summed E-state index contributed by atoms with van der Waals surface area (Å²) < 4.78 is 56.0. The number of aliphatic hydroxyl groups is 1.